The molecule has 38 heavy (non-hydrogen) atoms. The summed E-state index contributed by atoms with van der Waals surface area (Å²) in [6.07, 6.45) is 1.41. The first kappa shape index (κ1) is 30.3. The van der Waals surface area contributed by atoms with Gasteiger partial charge in [-0.15, -0.1) is 0 Å². The number of ether oxygens (including phenoxy) is 2. The number of carbonyl (C=O) groups excluding carboxylic acids is 1. The molecule has 1 aliphatic heterocycles. The van der Waals surface area contributed by atoms with E-state index in [2.05, 4.69) is 4.90 Å². The molecule has 5 nitrogen and oxygen atoms in total. The minimum absolute atomic E-state index is 0.0472. The Hall–Kier alpha value is -2.23. The molecule has 212 valence electrons. The number of carbonyl (C=O) groups is 1. The number of likely N-dealkylation sites (tertiary alicyclic amines) is 1. The van der Waals surface area contributed by atoms with Crippen LogP contribution in [0, 0.1) is 5.92 Å². The molecule has 0 bridgehead atoms. The summed E-state index contributed by atoms with van der Waals surface area (Å²) in [6, 6.07) is 3.62. The molecule has 1 saturated heterocycles. The van der Waals surface area contributed by atoms with E-state index in [1.54, 1.807) is 19.9 Å². The zero-order chi connectivity index (χ0) is 27.9. The molecule has 5 atom stereocenters. The summed E-state index contributed by atoms with van der Waals surface area (Å²) in [7, 11) is 0. The van der Waals surface area contributed by atoms with E-state index < -0.39 is 36.1 Å². The van der Waals surface area contributed by atoms with Crippen molar-refractivity contribution in [3.8, 4) is 0 Å². The normalized spacial score (nSPS) is 23.8. The molecule has 1 aromatic carbocycles. The maximum Gasteiger partial charge on any atom is 0.416 e. The SMILES string of the molecule is CCOC(=O)CCc1ccc(C(F)(F)F)cc1C(C)OCC(O)CN1CCC[C@H]1CC1=CC(F)C(C)C=C1. The van der Waals surface area contributed by atoms with Crippen molar-refractivity contribution < 1.29 is 36.9 Å². The van der Waals surface area contributed by atoms with Gasteiger partial charge in [0, 0.05) is 24.9 Å². The van der Waals surface area contributed by atoms with Crippen molar-refractivity contribution in [2.75, 3.05) is 26.3 Å². The van der Waals surface area contributed by atoms with Crippen molar-refractivity contribution >= 4 is 5.97 Å². The van der Waals surface area contributed by atoms with Gasteiger partial charge in [-0.25, -0.2) is 4.39 Å². The summed E-state index contributed by atoms with van der Waals surface area (Å²) in [6.45, 7) is 6.54. The largest absolute Gasteiger partial charge is 0.466 e. The summed E-state index contributed by atoms with van der Waals surface area (Å²) in [5, 5.41) is 10.7. The van der Waals surface area contributed by atoms with Crippen molar-refractivity contribution in [2.45, 2.75) is 83.5 Å². The number of aliphatic hydroxyl groups is 1. The van der Waals surface area contributed by atoms with E-state index in [0.29, 0.717) is 24.1 Å². The lowest BCUT2D eigenvalue weighted by molar-refractivity contribution is -0.143. The number of rotatable bonds is 12. The lowest BCUT2D eigenvalue weighted by Gasteiger charge is -2.29. The highest BCUT2D eigenvalue weighted by Gasteiger charge is 2.32. The Balaban J connectivity index is 1.59. The summed E-state index contributed by atoms with van der Waals surface area (Å²) >= 11 is 0. The highest BCUT2D eigenvalue weighted by Crippen LogP contribution is 2.34. The fourth-order valence-corrected chi connectivity index (χ4v) is 5.08. The third kappa shape index (κ3) is 8.64. The molecule has 1 heterocycles. The first-order valence-corrected chi connectivity index (χ1v) is 13.4. The molecule has 0 radical (unpaired) electrons. The van der Waals surface area contributed by atoms with Gasteiger partial charge >= 0.3 is 12.1 Å². The number of aryl methyl sites for hydroxylation is 1. The van der Waals surface area contributed by atoms with Crippen molar-refractivity contribution in [3.63, 3.8) is 0 Å². The molecule has 1 aliphatic carbocycles. The number of esters is 1. The van der Waals surface area contributed by atoms with E-state index in [4.69, 9.17) is 9.47 Å². The Kier molecular flexibility index (Phi) is 10.9. The summed E-state index contributed by atoms with van der Waals surface area (Å²) in [4.78, 5) is 14.0. The van der Waals surface area contributed by atoms with Crippen molar-refractivity contribution in [3.05, 3.63) is 58.7 Å². The van der Waals surface area contributed by atoms with Gasteiger partial charge < -0.3 is 14.6 Å². The van der Waals surface area contributed by atoms with Gasteiger partial charge in [-0.3, -0.25) is 9.69 Å². The number of benzene rings is 1. The Morgan fingerprint density at radius 3 is 2.74 bits per heavy atom. The predicted octanol–water partition coefficient (Wildman–Crippen LogP) is 5.96. The van der Waals surface area contributed by atoms with Gasteiger partial charge in [-0.2, -0.15) is 13.2 Å². The second-order valence-electron chi connectivity index (χ2n) is 10.2. The van der Waals surface area contributed by atoms with E-state index in [1.165, 1.54) is 6.07 Å². The van der Waals surface area contributed by atoms with Gasteiger partial charge in [0.25, 0.3) is 0 Å². The number of alkyl halides is 4. The van der Waals surface area contributed by atoms with Gasteiger partial charge in [-0.05, 0) is 81.0 Å². The zero-order valence-electron chi connectivity index (χ0n) is 22.3. The zero-order valence-corrected chi connectivity index (χ0v) is 22.3. The molecular formula is C29H39F4NO4. The maximum absolute atomic E-state index is 14.1. The number of β-amino-alcohol motifs (C(OH)–C–C–N with tert-alkyl or cyclic N) is 1. The summed E-state index contributed by atoms with van der Waals surface area (Å²) in [5.41, 5.74) is 1.08. The molecular weight excluding hydrogens is 502 g/mol. The molecule has 0 spiro atoms. The average molecular weight is 542 g/mol. The number of hydrogen-bond donors (Lipinski definition) is 1. The van der Waals surface area contributed by atoms with E-state index >= 15 is 0 Å². The average Bonchev–Trinajstić information content (AvgIpc) is 3.29. The third-order valence-electron chi connectivity index (χ3n) is 7.26. The van der Waals surface area contributed by atoms with Crippen LogP contribution in [0.15, 0.2) is 42.0 Å². The van der Waals surface area contributed by atoms with Gasteiger partial charge in [0.15, 0.2) is 0 Å². The van der Waals surface area contributed by atoms with Crippen LogP contribution in [0.5, 0.6) is 0 Å². The molecule has 1 fully saturated rings. The number of nitrogens with zero attached hydrogens (tertiary/aromatic N) is 1. The first-order chi connectivity index (χ1) is 18.0. The van der Waals surface area contributed by atoms with Crippen LogP contribution in [0.4, 0.5) is 17.6 Å². The molecule has 2 aliphatic rings. The Bertz CT molecular complexity index is 993. The highest BCUT2D eigenvalue weighted by molar-refractivity contribution is 5.69. The van der Waals surface area contributed by atoms with Crippen LogP contribution < -0.4 is 0 Å². The second-order valence-corrected chi connectivity index (χ2v) is 10.2. The third-order valence-corrected chi connectivity index (χ3v) is 7.26. The molecule has 1 N–H and O–H groups in total. The topological polar surface area (TPSA) is 59.0 Å². The second kappa shape index (κ2) is 13.7. The maximum atomic E-state index is 14.1. The first-order valence-electron chi connectivity index (χ1n) is 13.4. The lowest BCUT2D eigenvalue weighted by atomic mass is 9.92. The number of hydrogen-bond acceptors (Lipinski definition) is 5. The Morgan fingerprint density at radius 1 is 1.29 bits per heavy atom. The van der Waals surface area contributed by atoms with Crippen LogP contribution in [0.2, 0.25) is 0 Å². The smallest absolute Gasteiger partial charge is 0.416 e. The van der Waals surface area contributed by atoms with Gasteiger partial charge in [0.1, 0.15) is 6.17 Å². The molecule has 0 saturated carbocycles. The fraction of sp³-hybridized carbons (Fsp3) is 0.621. The van der Waals surface area contributed by atoms with Gasteiger partial charge in [0.2, 0.25) is 0 Å². The minimum Gasteiger partial charge on any atom is -0.466 e. The van der Waals surface area contributed by atoms with Crippen molar-refractivity contribution in [2.24, 2.45) is 5.92 Å². The molecule has 1 aromatic rings. The number of aliphatic hydroxyl groups excluding tert-OH is 1. The quantitative estimate of drug-likeness (QED) is 0.261. The minimum atomic E-state index is -4.51. The van der Waals surface area contributed by atoms with E-state index in [9.17, 15) is 27.5 Å². The molecule has 0 amide bonds. The van der Waals surface area contributed by atoms with E-state index in [1.807, 2.05) is 19.1 Å². The Labute approximate surface area is 222 Å². The fourth-order valence-electron chi connectivity index (χ4n) is 5.08. The van der Waals surface area contributed by atoms with Gasteiger partial charge in [-0.1, -0.05) is 25.1 Å². The van der Waals surface area contributed by atoms with Crippen molar-refractivity contribution in [1.29, 1.82) is 0 Å². The van der Waals surface area contributed by atoms with Crippen molar-refractivity contribution in [1.82, 2.24) is 4.90 Å². The molecule has 3 rings (SSSR count). The highest BCUT2D eigenvalue weighted by atomic mass is 19.4. The predicted molar refractivity (Wildman–Crippen MR) is 137 cm³/mol. The van der Waals surface area contributed by atoms with E-state index in [0.717, 1.165) is 37.1 Å². The summed E-state index contributed by atoms with van der Waals surface area (Å²) < 4.78 is 65.0. The number of halogens is 4. The molecule has 0 aromatic heterocycles. The van der Waals surface area contributed by atoms with Crippen LogP contribution in [0.3, 0.4) is 0 Å². The lowest BCUT2D eigenvalue weighted by Crippen LogP contribution is -2.38. The monoisotopic (exact) mass is 541 g/mol. The Morgan fingerprint density at radius 2 is 2.05 bits per heavy atom. The van der Waals surface area contributed by atoms with E-state index in [-0.39, 0.29) is 38.0 Å². The van der Waals surface area contributed by atoms with Gasteiger partial charge in [0.05, 0.1) is 31.0 Å². The van der Waals surface area contributed by atoms with Crippen LogP contribution in [-0.4, -0.2) is 60.6 Å². The van der Waals surface area contributed by atoms with Crippen LogP contribution in [0.25, 0.3) is 0 Å². The summed E-state index contributed by atoms with van der Waals surface area (Å²) in [5.74, 6) is -0.541. The molecule has 9 heteroatoms. The standard InChI is InChI=1S/C29H39F4NO4/c1-4-37-28(36)12-10-22-9-11-23(29(31,32)33)16-26(22)20(3)38-18-25(35)17-34-13-5-6-24(34)14-21-8-7-19(2)27(30)15-21/h7-9,11,15-16,19-20,24-25,27,35H,4-6,10,12-14,17-18H2,1-3H3/t19?,20?,24-,25?,27?/m0/s1. The van der Waals surface area contributed by atoms with Crippen LogP contribution in [-0.2, 0) is 26.9 Å². The van der Waals surface area contributed by atoms with Crippen LogP contribution in [0.1, 0.15) is 69.2 Å². The molecule has 4 unspecified atom stereocenters. The number of allylic oxidation sites excluding steroid dienone is 3. The van der Waals surface area contributed by atoms with Crippen LogP contribution >= 0.6 is 0 Å².